The molecule has 0 saturated heterocycles. The van der Waals surface area contributed by atoms with Crippen molar-refractivity contribution in [3.05, 3.63) is 47.5 Å². The van der Waals surface area contributed by atoms with Crippen LogP contribution in [0, 0.1) is 0 Å². The lowest BCUT2D eigenvalue weighted by Crippen LogP contribution is -2.35. The normalized spacial score (nSPS) is 16.6. The van der Waals surface area contributed by atoms with Crippen molar-refractivity contribution in [2.75, 3.05) is 0 Å². The van der Waals surface area contributed by atoms with Crippen LogP contribution in [0.4, 0.5) is 0 Å². The van der Waals surface area contributed by atoms with Gasteiger partial charge < -0.3 is 0 Å². The number of nitrogens with zero attached hydrogens (tertiary/aromatic N) is 2. The predicted octanol–water partition coefficient (Wildman–Crippen LogP) is 5.06. The summed E-state index contributed by atoms with van der Waals surface area (Å²) in [5.41, 5.74) is 4.60. The van der Waals surface area contributed by atoms with Crippen molar-refractivity contribution >= 4 is 38.1 Å². The van der Waals surface area contributed by atoms with Crippen LogP contribution in [0.15, 0.2) is 41.9 Å². The maximum atomic E-state index is 2.57. The number of imidazole rings is 1. The van der Waals surface area contributed by atoms with Crippen LogP contribution in [0.25, 0.3) is 26.8 Å². The molecule has 0 unspecified atom stereocenters. The standard InChI is InChI=1S/C20H21N2S/c1-3-20(4-2)10-12-22-18-17-14(6-5-7-15(17)20)8-11-21(18)16-9-13-23-19(16)22/h5-9,11,13H,3-4,10,12H2,1-2H3/q+1. The van der Waals surface area contributed by atoms with E-state index in [4.69, 9.17) is 0 Å². The van der Waals surface area contributed by atoms with E-state index in [2.05, 4.69) is 64.7 Å². The van der Waals surface area contributed by atoms with Gasteiger partial charge in [-0.05, 0) is 47.1 Å². The second kappa shape index (κ2) is 4.57. The van der Waals surface area contributed by atoms with Crippen LogP contribution >= 0.6 is 11.3 Å². The van der Waals surface area contributed by atoms with Gasteiger partial charge in [-0.25, -0.2) is 4.57 Å². The van der Waals surface area contributed by atoms with Gasteiger partial charge in [0.05, 0.1) is 18.1 Å². The average Bonchev–Trinajstić information content (AvgIpc) is 3.13. The summed E-state index contributed by atoms with van der Waals surface area (Å²) >= 11 is 1.87. The first kappa shape index (κ1) is 13.6. The van der Waals surface area contributed by atoms with E-state index in [1.165, 1.54) is 46.0 Å². The fourth-order valence-corrected chi connectivity index (χ4v) is 5.55. The van der Waals surface area contributed by atoms with Gasteiger partial charge in [-0.3, -0.25) is 0 Å². The van der Waals surface area contributed by atoms with Gasteiger partial charge in [0, 0.05) is 6.07 Å². The van der Waals surface area contributed by atoms with Gasteiger partial charge >= 0.3 is 0 Å². The molecule has 1 aliphatic heterocycles. The number of hydrogen-bond donors (Lipinski definition) is 0. The Hall–Kier alpha value is -1.87. The van der Waals surface area contributed by atoms with Gasteiger partial charge in [0.2, 0.25) is 4.83 Å². The summed E-state index contributed by atoms with van der Waals surface area (Å²) in [6.45, 7) is 5.83. The van der Waals surface area contributed by atoms with Crippen molar-refractivity contribution in [2.24, 2.45) is 0 Å². The van der Waals surface area contributed by atoms with E-state index in [0.717, 1.165) is 6.54 Å². The Kier molecular flexibility index (Phi) is 2.70. The molecule has 4 aromatic rings. The topological polar surface area (TPSA) is 8.29 Å². The minimum Gasteiger partial charge on any atom is -0.214 e. The van der Waals surface area contributed by atoms with Gasteiger partial charge in [0.15, 0.2) is 5.52 Å². The van der Waals surface area contributed by atoms with Crippen LogP contribution in [-0.2, 0) is 12.0 Å². The molecular formula is C20H21N2S+. The molecule has 0 aliphatic carbocycles. The highest BCUT2D eigenvalue weighted by Gasteiger charge is 2.37. The highest BCUT2D eigenvalue weighted by Crippen LogP contribution is 2.42. The van der Waals surface area contributed by atoms with E-state index >= 15 is 0 Å². The molecule has 116 valence electrons. The van der Waals surface area contributed by atoms with Crippen LogP contribution in [0.1, 0.15) is 38.7 Å². The van der Waals surface area contributed by atoms with Crippen molar-refractivity contribution in [3.8, 4) is 0 Å². The average molecular weight is 321 g/mol. The zero-order chi connectivity index (χ0) is 15.6. The number of fused-ring (bicyclic) bond motifs is 3. The van der Waals surface area contributed by atoms with E-state index in [-0.39, 0.29) is 0 Å². The molecule has 0 bridgehead atoms. The zero-order valence-electron chi connectivity index (χ0n) is 13.7. The van der Waals surface area contributed by atoms with Crippen molar-refractivity contribution < 1.29 is 4.57 Å². The molecule has 0 radical (unpaired) electrons. The zero-order valence-corrected chi connectivity index (χ0v) is 14.5. The third-order valence-corrected chi connectivity index (χ3v) is 7.00. The van der Waals surface area contributed by atoms with E-state index < -0.39 is 0 Å². The number of hydrogen-bond acceptors (Lipinski definition) is 1. The summed E-state index contributed by atoms with van der Waals surface area (Å²) in [7, 11) is 0. The number of benzene rings is 1. The van der Waals surface area contributed by atoms with Crippen molar-refractivity contribution in [2.45, 2.75) is 45.1 Å². The van der Waals surface area contributed by atoms with Gasteiger partial charge in [0.25, 0.3) is 5.65 Å². The molecule has 1 aliphatic rings. The first-order valence-electron chi connectivity index (χ1n) is 8.62. The molecule has 0 N–H and O–H groups in total. The fourth-order valence-electron chi connectivity index (χ4n) is 4.63. The summed E-state index contributed by atoms with van der Waals surface area (Å²) in [5.74, 6) is 0. The van der Waals surface area contributed by atoms with Crippen molar-refractivity contribution in [1.82, 2.24) is 4.40 Å². The number of aryl methyl sites for hydroxylation is 1. The lowest BCUT2D eigenvalue weighted by atomic mass is 9.72. The largest absolute Gasteiger partial charge is 0.296 e. The monoisotopic (exact) mass is 321 g/mol. The van der Waals surface area contributed by atoms with Crippen LogP contribution in [0.3, 0.4) is 0 Å². The summed E-state index contributed by atoms with van der Waals surface area (Å²) in [4.78, 5) is 1.41. The van der Waals surface area contributed by atoms with Crippen molar-refractivity contribution in [3.63, 3.8) is 0 Å². The minimum atomic E-state index is 0.303. The summed E-state index contributed by atoms with van der Waals surface area (Å²) < 4.78 is 4.97. The van der Waals surface area contributed by atoms with Crippen LogP contribution in [-0.4, -0.2) is 4.40 Å². The Balaban J connectivity index is 2.06. The molecule has 0 spiro atoms. The van der Waals surface area contributed by atoms with Crippen LogP contribution in [0.2, 0.25) is 0 Å². The van der Waals surface area contributed by atoms with E-state index in [9.17, 15) is 0 Å². The molecular weight excluding hydrogens is 300 g/mol. The van der Waals surface area contributed by atoms with E-state index in [1.54, 1.807) is 5.56 Å². The molecule has 1 aromatic carbocycles. The molecule has 23 heavy (non-hydrogen) atoms. The van der Waals surface area contributed by atoms with Crippen LogP contribution in [0.5, 0.6) is 0 Å². The molecule has 0 amide bonds. The Morgan fingerprint density at radius 1 is 1.17 bits per heavy atom. The number of pyridine rings is 1. The first-order valence-corrected chi connectivity index (χ1v) is 9.50. The van der Waals surface area contributed by atoms with Crippen LogP contribution < -0.4 is 4.57 Å². The van der Waals surface area contributed by atoms with E-state index in [0.29, 0.717) is 5.41 Å². The van der Waals surface area contributed by atoms with Gasteiger partial charge in [-0.15, -0.1) is 0 Å². The first-order chi connectivity index (χ1) is 11.3. The minimum absolute atomic E-state index is 0.303. The Bertz CT molecular complexity index is 1050. The molecule has 0 fully saturated rings. The van der Waals surface area contributed by atoms with Gasteiger partial charge in [0.1, 0.15) is 0 Å². The maximum Gasteiger partial charge on any atom is 0.296 e. The second-order valence-electron chi connectivity index (χ2n) is 6.78. The second-order valence-corrected chi connectivity index (χ2v) is 7.67. The predicted molar refractivity (Wildman–Crippen MR) is 97.4 cm³/mol. The van der Waals surface area contributed by atoms with Gasteiger partial charge in [-0.2, -0.15) is 4.40 Å². The van der Waals surface area contributed by atoms with E-state index in [1.807, 2.05) is 11.3 Å². The smallest absolute Gasteiger partial charge is 0.214 e. The molecule has 3 aromatic heterocycles. The fraction of sp³-hybridized carbons (Fsp3) is 0.350. The molecule has 4 heterocycles. The highest BCUT2D eigenvalue weighted by atomic mass is 32.1. The van der Waals surface area contributed by atoms with Gasteiger partial charge in [-0.1, -0.05) is 43.4 Å². The van der Waals surface area contributed by atoms with Crippen molar-refractivity contribution in [1.29, 1.82) is 0 Å². The molecule has 0 atom stereocenters. The SMILES string of the molecule is CCC1(CC)CC[n+]2c3sccc3n3ccc4cccc1c4c32. The quantitative estimate of drug-likeness (QED) is 0.456. The summed E-state index contributed by atoms with van der Waals surface area (Å²) in [6.07, 6.45) is 5.90. The lowest BCUT2D eigenvalue weighted by molar-refractivity contribution is -0.644. The Morgan fingerprint density at radius 2 is 2.04 bits per heavy atom. The molecule has 0 saturated carbocycles. The highest BCUT2D eigenvalue weighted by molar-refractivity contribution is 7.16. The lowest BCUT2D eigenvalue weighted by Gasteiger charge is -2.31. The molecule has 2 nitrogen and oxygen atoms in total. The Labute approximate surface area is 140 Å². The maximum absolute atomic E-state index is 2.57. The number of thiophene rings is 1. The molecule has 3 heteroatoms. The number of rotatable bonds is 2. The third kappa shape index (κ3) is 1.56. The number of aromatic nitrogens is 2. The summed E-state index contributed by atoms with van der Waals surface area (Å²) in [6, 6.07) is 11.4. The Morgan fingerprint density at radius 3 is 2.87 bits per heavy atom. The molecule has 5 rings (SSSR count). The summed E-state index contributed by atoms with van der Waals surface area (Å²) in [5, 5.41) is 5.07. The third-order valence-electron chi connectivity index (χ3n) is 6.08.